The van der Waals surface area contributed by atoms with Gasteiger partial charge in [0.25, 0.3) is 0 Å². The molecule has 0 spiro atoms. The van der Waals surface area contributed by atoms with E-state index in [9.17, 15) is 9.18 Å². The molecule has 1 amide bonds. The van der Waals surface area contributed by atoms with E-state index in [4.69, 9.17) is 4.74 Å². The highest BCUT2D eigenvalue weighted by molar-refractivity contribution is 5.77. The van der Waals surface area contributed by atoms with Crippen molar-refractivity contribution in [2.45, 2.75) is 13.0 Å². The van der Waals surface area contributed by atoms with Gasteiger partial charge in [-0.2, -0.15) is 0 Å². The average Bonchev–Trinajstić information content (AvgIpc) is 2.23. The molecule has 1 aliphatic rings. The first-order valence-corrected chi connectivity index (χ1v) is 4.81. The molecule has 80 valence electrons. The molecule has 4 heteroatoms. The zero-order valence-corrected chi connectivity index (χ0v) is 8.42. The van der Waals surface area contributed by atoms with Crippen LogP contribution in [0, 0.1) is 12.7 Å². The minimum atomic E-state index is -0.224. The summed E-state index contributed by atoms with van der Waals surface area (Å²) in [6.45, 7) is 2.23. The molecule has 1 atom stereocenters. The Labute approximate surface area is 87.2 Å². The molecule has 0 radical (unpaired) electrons. The van der Waals surface area contributed by atoms with Gasteiger partial charge in [-0.15, -0.1) is 0 Å². The van der Waals surface area contributed by atoms with Crippen molar-refractivity contribution in [3.8, 4) is 0 Å². The van der Waals surface area contributed by atoms with Crippen molar-refractivity contribution in [3.63, 3.8) is 0 Å². The topological polar surface area (TPSA) is 38.3 Å². The second kappa shape index (κ2) is 3.98. The van der Waals surface area contributed by atoms with E-state index in [0.29, 0.717) is 12.1 Å². The lowest BCUT2D eigenvalue weighted by Crippen LogP contribution is -2.38. The summed E-state index contributed by atoms with van der Waals surface area (Å²) in [5, 5.41) is 2.71. The van der Waals surface area contributed by atoms with E-state index in [-0.39, 0.29) is 24.4 Å². The Hall–Kier alpha value is -1.42. The molecule has 0 aromatic heterocycles. The molecule has 1 fully saturated rings. The molecular formula is C11H12FNO2. The van der Waals surface area contributed by atoms with Crippen LogP contribution in [0.4, 0.5) is 4.39 Å². The number of benzene rings is 1. The van der Waals surface area contributed by atoms with E-state index >= 15 is 0 Å². The van der Waals surface area contributed by atoms with E-state index in [1.54, 1.807) is 19.1 Å². The van der Waals surface area contributed by atoms with E-state index in [1.165, 1.54) is 6.07 Å². The van der Waals surface area contributed by atoms with Gasteiger partial charge in [-0.25, -0.2) is 4.39 Å². The Bertz CT molecular complexity index is 382. The average molecular weight is 209 g/mol. The lowest BCUT2D eigenvalue weighted by Gasteiger charge is -2.23. The van der Waals surface area contributed by atoms with Crippen molar-refractivity contribution in [1.82, 2.24) is 5.32 Å². The number of carbonyl (C=O) groups is 1. The number of aryl methyl sites for hydroxylation is 1. The summed E-state index contributed by atoms with van der Waals surface area (Å²) in [6.07, 6.45) is -0.165. The Morgan fingerprint density at radius 2 is 2.33 bits per heavy atom. The highest BCUT2D eigenvalue weighted by Gasteiger charge is 2.20. The van der Waals surface area contributed by atoms with Crippen molar-refractivity contribution in [1.29, 1.82) is 0 Å². The van der Waals surface area contributed by atoms with E-state index in [0.717, 1.165) is 5.56 Å². The van der Waals surface area contributed by atoms with Crippen molar-refractivity contribution < 1.29 is 13.9 Å². The first-order chi connectivity index (χ1) is 7.16. The number of nitrogens with one attached hydrogen (secondary N) is 1. The maximum absolute atomic E-state index is 13.0. The number of ether oxygens (including phenoxy) is 1. The summed E-state index contributed by atoms with van der Waals surface area (Å²) in [5.74, 6) is -0.330. The monoisotopic (exact) mass is 209 g/mol. The largest absolute Gasteiger partial charge is 0.362 e. The second-order valence-corrected chi connectivity index (χ2v) is 3.61. The van der Waals surface area contributed by atoms with Gasteiger partial charge in [0.1, 0.15) is 18.5 Å². The van der Waals surface area contributed by atoms with Crippen LogP contribution in [0.3, 0.4) is 0 Å². The summed E-state index contributed by atoms with van der Waals surface area (Å²) in [7, 11) is 0. The van der Waals surface area contributed by atoms with Crippen LogP contribution in [0.25, 0.3) is 0 Å². The van der Waals surface area contributed by atoms with Gasteiger partial charge in [-0.3, -0.25) is 4.79 Å². The molecule has 3 nitrogen and oxygen atoms in total. The smallest absolute Gasteiger partial charge is 0.246 e. The summed E-state index contributed by atoms with van der Waals surface area (Å²) in [4.78, 5) is 10.9. The van der Waals surface area contributed by atoms with Gasteiger partial charge < -0.3 is 10.1 Å². The predicted octanol–water partition coefficient (Wildman–Crippen LogP) is 1.32. The molecule has 2 rings (SSSR count). The second-order valence-electron chi connectivity index (χ2n) is 3.61. The summed E-state index contributed by atoms with van der Waals surface area (Å²) >= 11 is 0. The lowest BCUT2D eigenvalue weighted by atomic mass is 10.1. The SMILES string of the molecule is Cc1cc([C@H]2CNC(=O)CO2)ccc1F. The summed E-state index contributed by atoms with van der Waals surface area (Å²) in [5.41, 5.74) is 1.49. The van der Waals surface area contributed by atoms with Gasteiger partial charge in [0.2, 0.25) is 5.91 Å². The standard InChI is InChI=1S/C11H12FNO2/c1-7-4-8(2-3-9(7)12)10-5-13-11(14)6-15-10/h2-4,10H,5-6H2,1H3,(H,13,14)/t10-/m1/s1. The number of amides is 1. The molecule has 0 aliphatic carbocycles. The summed E-state index contributed by atoms with van der Waals surface area (Å²) in [6, 6.07) is 4.85. The predicted molar refractivity (Wildman–Crippen MR) is 52.8 cm³/mol. The number of carbonyl (C=O) groups excluding carboxylic acids is 1. The third-order valence-corrected chi connectivity index (χ3v) is 2.45. The lowest BCUT2D eigenvalue weighted by molar-refractivity contribution is -0.133. The van der Waals surface area contributed by atoms with E-state index in [1.807, 2.05) is 0 Å². The molecule has 0 unspecified atom stereocenters. The maximum Gasteiger partial charge on any atom is 0.246 e. The third-order valence-electron chi connectivity index (χ3n) is 2.45. The molecule has 1 saturated heterocycles. The number of hydrogen-bond acceptors (Lipinski definition) is 2. The highest BCUT2D eigenvalue weighted by Crippen LogP contribution is 2.21. The maximum atomic E-state index is 13.0. The van der Waals surface area contributed by atoms with Crippen molar-refractivity contribution in [3.05, 3.63) is 35.1 Å². The first kappa shape index (κ1) is 10.1. The van der Waals surface area contributed by atoms with Crippen molar-refractivity contribution in [2.24, 2.45) is 0 Å². The fraction of sp³-hybridized carbons (Fsp3) is 0.364. The molecule has 1 aliphatic heterocycles. The van der Waals surface area contributed by atoms with Crippen LogP contribution in [-0.2, 0) is 9.53 Å². The van der Waals surface area contributed by atoms with Gasteiger partial charge >= 0.3 is 0 Å². The minimum Gasteiger partial charge on any atom is -0.362 e. The Morgan fingerprint density at radius 1 is 1.53 bits per heavy atom. The summed E-state index contributed by atoms with van der Waals surface area (Å²) < 4.78 is 18.4. The number of rotatable bonds is 1. The Kier molecular flexibility index (Phi) is 2.68. The van der Waals surface area contributed by atoms with Gasteiger partial charge in [0.05, 0.1) is 0 Å². The van der Waals surface area contributed by atoms with Crippen molar-refractivity contribution in [2.75, 3.05) is 13.2 Å². The molecular weight excluding hydrogens is 197 g/mol. The molecule has 1 aromatic carbocycles. The molecule has 15 heavy (non-hydrogen) atoms. The molecule has 1 N–H and O–H groups in total. The van der Waals surface area contributed by atoms with Gasteiger partial charge in [0, 0.05) is 6.54 Å². The van der Waals surface area contributed by atoms with Crippen LogP contribution in [0.5, 0.6) is 0 Å². The Morgan fingerprint density at radius 3 is 2.93 bits per heavy atom. The third kappa shape index (κ3) is 2.15. The number of halogens is 1. The molecule has 0 bridgehead atoms. The van der Waals surface area contributed by atoms with Gasteiger partial charge in [0.15, 0.2) is 0 Å². The molecule has 0 saturated carbocycles. The fourth-order valence-electron chi connectivity index (χ4n) is 1.58. The van der Waals surface area contributed by atoms with Crippen LogP contribution in [-0.4, -0.2) is 19.1 Å². The van der Waals surface area contributed by atoms with Crippen LogP contribution in [0.2, 0.25) is 0 Å². The number of morpholine rings is 1. The Balaban J connectivity index is 2.16. The normalized spacial score (nSPS) is 21.2. The quantitative estimate of drug-likeness (QED) is 0.757. The number of hydrogen-bond donors (Lipinski definition) is 1. The fourth-order valence-corrected chi connectivity index (χ4v) is 1.58. The zero-order valence-electron chi connectivity index (χ0n) is 8.42. The van der Waals surface area contributed by atoms with E-state index < -0.39 is 0 Å². The first-order valence-electron chi connectivity index (χ1n) is 4.81. The van der Waals surface area contributed by atoms with E-state index in [2.05, 4.69) is 5.32 Å². The minimum absolute atomic E-state index is 0.0705. The zero-order chi connectivity index (χ0) is 10.8. The van der Waals surface area contributed by atoms with Gasteiger partial charge in [-0.1, -0.05) is 12.1 Å². The van der Waals surface area contributed by atoms with Crippen LogP contribution >= 0.6 is 0 Å². The van der Waals surface area contributed by atoms with Crippen molar-refractivity contribution >= 4 is 5.91 Å². The van der Waals surface area contributed by atoms with Crippen LogP contribution in [0.15, 0.2) is 18.2 Å². The highest BCUT2D eigenvalue weighted by atomic mass is 19.1. The van der Waals surface area contributed by atoms with Gasteiger partial charge in [-0.05, 0) is 24.1 Å². The molecule has 1 aromatic rings. The van der Waals surface area contributed by atoms with Crippen LogP contribution < -0.4 is 5.32 Å². The molecule has 1 heterocycles. The van der Waals surface area contributed by atoms with Crippen LogP contribution in [0.1, 0.15) is 17.2 Å².